The van der Waals surface area contributed by atoms with Crippen LogP contribution in [0.5, 0.6) is 0 Å². The van der Waals surface area contributed by atoms with Gasteiger partial charge in [0, 0.05) is 17.6 Å². The zero-order valence-electron chi connectivity index (χ0n) is 22.8. The Labute approximate surface area is 236 Å². The number of halogens is 1. The number of carbonyl (C=O) groups is 2. The first-order chi connectivity index (χ1) is 18.6. The van der Waals surface area contributed by atoms with E-state index in [0.717, 1.165) is 10.7 Å². The summed E-state index contributed by atoms with van der Waals surface area (Å²) in [7, 11) is -4.10. The van der Waals surface area contributed by atoms with Gasteiger partial charge >= 0.3 is 0 Å². The summed E-state index contributed by atoms with van der Waals surface area (Å²) < 4.78 is 28.9. The van der Waals surface area contributed by atoms with Crippen LogP contribution in [0.1, 0.15) is 44.7 Å². The highest BCUT2D eigenvalue weighted by Gasteiger charge is 2.34. The molecule has 0 aliphatic carbocycles. The van der Waals surface area contributed by atoms with Crippen molar-refractivity contribution in [1.29, 1.82) is 0 Å². The number of amides is 2. The molecule has 0 aliphatic rings. The van der Waals surface area contributed by atoms with Crippen molar-refractivity contribution in [3.63, 3.8) is 0 Å². The fraction of sp³-hybridized carbons (Fsp3) is 0.333. The Morgan fingerprint density at radius 1 is 0.897 bits per heavy atom. The van der Waals surface area contributed by atoms with E-state index in [1.807, 2.05) is 32.9 Å². The third-order valence-corrected chi connectivity index (χ3v) is 8.82. The number of nitrogens with zero attached hydrogens (tertiary/aromatic N) is 2. The van der Waals surface area contributed by atoms with Crippen molar-refractivity contribution in [2.45, 2.75) is 64.1 Å². The van der Waals surface area contributed by atoms with Crippen LogP contribution in [0.2, 0.25) is 5.02 Å². The molecule has 0 radical (unpaired) electrons. The molecule has 0 aliphatic heterocycles. The topological polar surface area (TPSA) is 86.8 Å². The number of para-hydroxylation sites is 1. The maximum atomic E-state index is 14.1. The van der Waals surface area contributed by atoms with Crippen LogP contribution in [-0.4, -0.2) is 43.8 Å². The number of aryl methyl sites for hydroxylation is 1. The quantitative estimate of drug-likeness (QED) is 0.309. The molecule has 0 fully saturated rings. The summed E-state index contributed by atoms with van der Waals surface area (Å²) in [4.78, 5) is 28.9. The van der Waals surface area contributed by atoms with E-state index in [-0.39, 0.29) is 23.4 Å². The number of anilines is 1. The Bertz CT molecular complexity index is 1380. The van der Waals surface area contributed by atoms with Crippen LogP contribution in [0.25, 0.3) is 0 Å². The molecule has 0 unspecified atom stereocenters. The number of nitrogens with one attached hydrogen (secondary N) is 1. The van der Waals surface area contributed by atoms with Crippen molar-refractivity contribution in [2.24, 2.45) is 0 Å². The number of hydrogen-bond donors (Lipinski definition) is 1. The summed E-state index contributed by atoms with van der Waals surface area (Å²) in [5.74, 6) is -0.801. The monoisotopic (exact) mass is 569 g/mol. The smallest absolute Gasteiger partial charge is 0.264 e. The third kappa shape index (κ3) is 7.40. The lowest BCUT2D eigenvalue weighted by Gasteiger charge is -2.34. The van der Waals surface area contributed by atoms with Crippen molar-refractivity contribution >= 4 is 39.1 Å². The van der Waals surface area contributed by atoms with Crippen LogP contribution in [0.3, 0.4) is 0 Å². The zero-order chi connectivity index (χ0) is 28.6. The highest BCUT2D eigenvalue weighted by atomic mass is 35.5. The van der Waals surface area contributed by atoms with Crippen molar-refractivity contribution in [1.82, 2.24) is 10.2 Å². The number of sulfonamides is 1. The normalized spacial score (nSPS) is 12.8. The van der Waals surface area contributed by atoms with E-state index < -0.39 is 28.5 Å². The van der Waals surface area contributed by atoms with Crippen molar-refractivity contribution in [3.8, 4) is 0 Å². The largest absolute Gasteiger partial charge is 0.352 e. The molecule has 39 heavy (non-hydrogen) atoms. The first-order valence-electron chi connectivity index (χ1n) is 13.1. The Morgan fingerprint density at radius 2 is 1.51 bits per heavy atom. The molecular weight excluding hydrogens is 534 g/mol. The van der Waals surface area contributed by atoms with E-state index in [0.29, 0.717) is 28.3 Å². The summed E-state index contributed by atoms with van der Waals surface area (Å²) in [5.41, 5.74) is 1.75. The maximum absolute atomic E-state index is 14.1. The predicted octanol–water partition coefficient (Wildman–Crippen LogP) is 5.57. The lowest BCUT2D eigenvalue weighted by molar-refractivity contribution is -0.140. The fourth-order valence-electron chi connectivity index (χ4n) is 4.25. The summed E-state index contributed by atoms with van der Waals surface area (Å²) in [6.45, 7) is 7.05. The third-order valence-electron chi connectivity index (χ3n) is 6.68. The average Bonchev–Trinajstić information content (AvgIpc) is 2.93. The molecule has 0 saturated heterocycles. The minimum atomic E-state index is -4.10. The molecule has 0 aromatic heterocycles. The number of benzene rings is 3. The molecule has 9 heteroatoms. The van der Waals surface area contributed by atoms with Crippen LogP contribution in [0.15, 0.2) is 83.8 Å². The lowest BCUT2D eigenvalue weighted by atomic mass is 10.1. The number of rotatable bonds is 12. The van der Waals surface area contributed by atoms with E-state index in [1.54, 1.807) is 61.5 Å². The Kier molecular flexibility index (Phi) is 10.5. The molecule has 0 bridgehead atoms. The Balaban J connectivity index is 2.07. The van der Waals surface area contributed by atoms with Crippen LogP contribution < -0.4 is 9.62 Å². The number of hydrogen-bond acceptors (Lipinski definition) is 4. The SMILES string of the molecule is CC[C@H](C)NC(=O)[C@H](CC)N(Cc1ccccc1Cl)C(=O)CN(c1ccccc1C)S(=O)(=O)c1ccccc1. The maximum Gasteiger partial charge on any atom is 0.264 e. The Hall–Kier alpha value is -3.36. The molecule has 0 heterocycles. The minimum absolute atomic E-state index is 0.0535. The highest BCUT2D eigenvalue weighted by Crippen LogP contribution is 2.28. The van der Waals surface area contributed by atoms with Gasteiger partial charge in [-0.05, 0) is 62.1 Å². The molecule has 3 aromatic rings. The van der Waals surface area contributed by atoms with Crippen LogP contribution in [0, 0.1) is 6.92 Å². The van der Waals surface area contributed by atoms with Gasteiger partial charge in [0.15, 0.2) is 0 Å². The summed E-state index contributed by atoms with van der Waals surface area (Å²) >= 11 is 6.44. The van der Waals surface area contributed by atoms with Crippen molar-refractivity contribution < 1.29 is 18.0 Å². The molecule has 3 aromatic carbocycles. The minimum Gasteiger partial charge on any atom is -0.352 e. The fourth-order valence-corrected chi connectivity index (χ4v) is 5.94. The summed E-state index contributed by atoms with van der Waals surface area (Å²) in [6.07, 6.45) is 1.07. The number of carbonyl (C=O) groups excluding carboxylic acids is 2. The molecule has 1 N–H and O–H groups in total. The second-order valence-corrected chi connectivity index (χ2v) is 11.7. The first-order valence-corrected chi connectivity index (χ1v) is 14.9. The van der Waals surface area contributed by atoms with Gasteiger partial charge in [0.1, 0.15) is 12.6 Å². The zero-order valence-corrected chi connectivity index (χ0v) is 24.4. The van der Waals surface area contributed by atoms with Gasteiger partial charge in [-0.2, -0.15) is 0 Å². The van der Waals surface area contributed by atoms with Gasteiger partial charge in [-0.15, -0.1) is 0 Å². The van der Waals surface area contributed by atoms with E-state index in [4.69, 9.17) is 11.6 Å². The van der Waals surface area contributed by atoms with Gasteiger partial charge in [0.05, 0.1) is 10.6 Å². The van der Waals surface area contributed by atoms with Gasteiger partial charge in [-0.25, -0.2) is 8.42 Å². The molecule has 0 saturated carbocycles. The second kappa shape index (κ2) is 13.6. The van der Waals surface area contributed by atoms with Crippen LogP contribution in [-0.2, 0) is 26.2 Å². The van der Waals surface area contributed by atoms with Gasteiger partial charge < -0.3 is 10.2 Å². The first kappa shape index (κ1) is 30.2. The molecule has 208 valence electrons. The molecule has 7 nitrogen and oxygen atoms in total. The highest BCUT2D eigenvalue weighted by molar-refractivity contribution is 7.92. The molecular formula is C30H36ClN3O4S. The molecule has 0 spiro atoms. The summed E-state index contributed by atoms with van der Waals surface area (Å²) in [5, 5.41) is 3.43. The Morgan fingerprint density at radius 3 is 2.13 bits per heavy atom. The van der Waals surface area contributed by atoms with E-state index in [2.05, 4.69) is 5.32 Å². The van der Waals surface area contributed by atoms with Gasteiger partial charge in [0.25, 0.3) is 10.0 Å². The van der Waals surface area contributed by atoms with E-state index >= 15 is 0 Å². The van der Waals surface area contributed by atoms with Crippen LogP contribution >= 0.6 is 11.6 Å². The second-order valence-electron chi connectivity index (χ2n) is 9.47. The molecule has 2 amide bonds. The van der Waals surface area contributed by atoms with E-state index in [9.17, 15) is 18.0 Å². The van der Waals surface area contributed by atoms with Gasteiger partial charge in [-0.3, -0.25) is 13.9 Å². The molecule has 2 atom stereocenters. The van der Waals surface area contributed by atoms with Gasteiger partial charge in [-0.1, -0.05) is 80.0 Å². The molecule has 3 rings (SSSR count). The summed E-state index contributed by atoms with van der Waals surface area (Å²) in [6, 6.07) is 21.2. The van der Waals surface area contributed by atoms with Crippen molar-refractivity contribution in [3.05, 3.63) is 95.0 Å². The van der Waals surface area contributed by atoms with Crippen LogP contribution in [0.4, 0.5) is 5.69 Å². The predicted molar refractivity (Wildman–Crippen MR) is 156 cm³/mol. The van der Waals surface area contributed by atoms with Gasteiger partial charge in [0.2, 0.25) is 11.8 Å². The van der Waals surface area contributed by atoms with E-state index in [1.165, 1.54) is 17.0 Å². The lowest BCUT2D eigenvalue weighted by Crippen LogP contribution is -2.53. The average molecular weight is 570 g/mol. The standard InChI is InChI=1S/C30H36ClN3O4S/c1-5-23(4)32-30(36)27(6-2)33(20-24-15-11-12-18-26(24)31)29(35)21-34(28-19-13-10-14-22(28)3)39(37,38)25-16-8-7-9-17-25/h7-19,23,27H,5-6,20-21H2,1-4H3,(H,32,36)/t23-,27-/m0/s1. The van der Waals surface area contributed by atoms with Crippen molar-refractivity contribution in [2.75, 3.05) is 10.8 Å².